The van der Waals surface area contributed by atoms with Gasteiger partial charge in [0.15, 0.2) is 0 Å². The third kappa shape index (κ3) is 4.10. The van der Waals surface area contributed by atoms with Crippen LogP contribution in [0.15, 0.2) is 35.7 Å². The molecule has 0 atom stereocenters. The molecular weight excluding hydrogens is 334 g/mol. The monoisotopic (exact) mass is 357 g/mol. The van der Waals surface area contributed by atoms with Gasteiger partial charge >= 0.3 is 5.97 Å². The lowest BCUT2D eigenvalue weighted by Crippen LogP contribution is -2.25. The normalized spacial score (nSPS) is 14.9. The molecule has 0 saturated heterocycles. The van der Waals surface area contributed by atoms with Crippen molar-refractivity contribution in [1.82, 2.24) is 0 Å². The summed E-state index contributed by atoms with van der Waals surface area (Å²) in [5.41, 5.74) is 2.21. The quantitative estimate of drug-likeness (QED) is 0.757. The van der Waals surface area contributed by atoms with E-state index in [1.165, 1.54) is 17.8 Å². The van der Waals surface area contributed by atoms with Crippen molar-refractivity contribution < 1.29 is 14.3 Å². The summed E-state index contributed by atoms with van der Waals surface area (Å²) < 4.78 is 5.23. The van der Waals surface area contributed by atoms with E-state index in [2.05, 4.69) is 5.32 Å². The molecule has 0 aliphatic heterocycles. The van der Waals surface area contributed by atoms with Gasteiger partial charge in [-0.05, 0) is 25.3 Å². The van der Waals surface area contributed by atoms with Crippen LogP contribution in [0, 0.1) is 5.92 Å². The van der Waals surface area contributed by atoms with Gasteiger partial charge in [0.2, 0.25) is 5.91 Å². The van der Waals surface area contributed by atoms with E-state index in [1.54, 1.807) is 6.92 Å². The molecule has 1 aromatic carbocycles. The van der Waals surface area contributed by atoms with Crippen LogP contribution < -0.4 is 5.32 Å². The predicted molar refractivity (Wildman–Crippen MR) is 101 cm³/mol. The summed E-state index contributed by atoms with van der Waals surface area (Å²) in [5.74, 6) is -0.320. The molecule has 132 valence electrons. The number of rotatable bonds is 5. The molecule has 4 nitrogen and oxygen atoms in total. The number of ether oxygens (including phenoxy) is 1. The van der Waals surface area contributed by atoms with Crippen LogP contribution in [0.5, 0.6) is 0 Å². The van der Waals surface area contributed by atoms with Gasteiger partial charge in [0, 0.05) is 16.9 Å². The molecule has 3 rings (SSSR count). The molecule has 0 spiro atoms. The minimum atomic E-state index is -0.387. The third-order valence-electron chi connectivity index (χ3n) is 4.57. The Balaban J connectivity index is 1.89. The number of thiophene rings is 1. The minimum Gasteiger partial charge on any atom is -0.462 e. The standard InChI is InChI=1S/C20H23NO3S/c1-2-24-20(23)17-16(14-9-5-3-6-10-14)13-25-19(17)21-18(22)15-11-7-4-8-12-15/h3,5-6,9-10,13,15H,2,4,7-8,11-12H2,1H3,(H,21,22). The van der Waals surface area contributed by atoms with Gasteiger partial charge in [-0.3, -0.25) is 4.79 Å². The first-order valence-electron chi connectivity index (χ1n) is 8.85. The number of carbonyl (C=O) groups excluding carboxylic acids is 2. The highest BCUT2D eigenvalue weighted by molar-refractivity contribution is 7.15. The zero-order valence-corrected chi connectivity index (χ0v) is 15.2. The third-order valence-corrected chi connectivity index (χ3v) is 5.46. The molecular formula is C20H23NO3S. The molecule has 0 bridgehead atoms. The second-order valence-electron chi connectivity index (χ2n) is 6.26. The average molecular weight is 357 g/mol. The zero-order chi connectivity index (χ0) is 17.6. The van der Waals surface area contributed by atoms with Crippen LogP contribution in [-0.2, 0) is 9.53 Å². The highest BCUT2D eigenvalue weighted by Gasteiger charge is 2.26. The Morgan fingerprint density at radius 1 is 1.16 bits per heavy atom. The lowest BCUT2D eigenvalue weighted by Gasteiger charge is -2.20. The summed E-state index contributed by atoms with van der Waals surface area (Å²) in [6.45, 7) is 2.09. The number of nitrogens with one attached hydrogen (secondary N) is 1. The molecule has 1 aromatic heterocycles. The van der Waals surface area contributed by atoms with Crippen molar-refractivity contribution >= 4 is 28.2 Å². The van der Waals surface area contributed by atoms with Crippen molar-refractivity contribution in [2.24, 2.45) is 5.92 Å². The van der Waals surface area contributed by atoms with Crippen molar-refractivity contribution in [2.45, 2.75) is 39.0 Å². The molecule has 2 aromatic rings. The Morgan fingerprint density at radius 3 is 2.56 bits per heavy atom. The van der Waals surface area contributed by atoms with Crippen molar-refractivity contribution in [1.29, 1.82) is 0 Å². The van der Waals surface area contributed by atoms with Gasteiger partial charge < -0.3 is 10.1 Å². The topological polar surface area (TPSA) is 55.4 Å². The van der Waals surface area contributed by atoms with Crippen LogP contribution in [-0.4, -0.2) is 18.5 Å². The van der Waals surface area contributed by atoms with E-state index in [0.717, 1.165) is 36.8 Å². The van der Waals surface area contributed by atoms with Crippen LogP contribution in [0.4, 0.5) is 5.00 Å². The van der Waals surface area contributed by atoms with Crippen molar-refractivity contribution in [3.8, 4) is 11.1 Å². The van der Waals surface area contributed by atoms with E-state index in [9.17, 15) is 9.59 Å². The van der Waals surface area contributed by atoms with Crippen LogP contribution >= 0.6 is 11.3 Å². The summed E-state index contributed by atoms with van der Waals surface area (Å²) in [6.07, 6.45) is 5.26. The fourth-order valence-electron chi connectivity index (χ4n) is 3.26. The van der Waals surface area contributed by atoms with E-state index in [1.807, 2.05) is 35.7 Å². The van der Waals surface area contributed by atoms with Gasteiger partial charge in [0.25, 0.3) is 0 Å². The molecule has 1 aliphatic carbocycles. The van der Waals surface area contributed by atoms with E-state index in [4.69, 9.17) is 4.74 Å². The highest BCUT2D eigenvalue weighted by Crippen LogP contribution is 2.37. The highest BCUT2D eigenvalue weighted by atomic mass is 32.1. The Hall–Kier alpha value is -2.14. The van der Waals surface area contributed by atoms with E-state index in [0.29, 0.717) is 17.2 Å². The number of anilines is 1. The molecule has 1 saturated carbocycles. The zero-order valence-electron chi connectivity index (χ0n) is 14.4. The lowest BCUT2D eigenvalue weighted by molar-refractivity contribution is -0.120. The SMILES string of the molecule is CCOC(=O)c1c(-c2ccccc2)csc1NC(=O)C1CCCCC1. The Kier molecular flexibility index (Phi) is 5.87. The number of hydrogen-bond acceptors (Lipinski definition) is 4. The lowest BCUT2D eigenvalue weighted by atomic mass is 9.88. The summed E-state index contributed by atoms with van der Waals surface area (Å²) in [5, 5.41) is 5.49. The molecule has 1 heterocycles. The molecule has 0 unspecified atom stereocenters. The minimum absolute atomic E-state index is 0.0201. The van der Waals surface area contributed by atoms with Crippen molar-refractivity contribution in [3.63, 3.8) is 0 Å². The Morgan fingerprint density at radius 2 is 1.88 bits per heavy atom. The molecule has 1 aliphatic rings. The Labute approximate surface area is 152 Å². The van der Waals surface area contributed by atoms with Gasteiger partial charge in [-0.25, -0.2) is 4.79 Å². The molecule has 1 N–H and O–H groups in total. The van der Waals surface area contributed by atoms with E-state index in [-0.39, 0.29) is 17.8 Å². The summed E-state index contributed by atoms with van der Waals surface area (Å²) in [6, 6.07) is 9.71. The molecule has 1 fully saturated rings. The fourth-order valence-corrected chi connectivity index (χ4v) is 4.23. The number of hydrogen-bond donors (Lipinski definition) is 1. The molecule has 1 amide bonds. The van der Waals surface area contributed by atoms with Crippen molar-refractivity contribution in [3.05, 3.63) is 41.3 Å². The van der Waals surface area contributed by atoms with Crippen LogP contribution in [0.1, 0.15) is 49.4 Å². The summed E-state index contributed by atoms with van der Waals surface area (Å²) in [4.78, 5) is 25.1. The smallest absolute Gasteiger partial charge is 0.341 e. The number of amides is 1. The second kappa shape index (κ2) is 8.30. The number of benzene rings is 1. The molecule has 5 heteroatoms. The van der Waals surface area contributed by atoms with Gasteiger partial charge in [0.05, 0.1) is 6.61 Å². The van der Waals surface area contributed by atoms with E-state index >= 15 is 0 Å². The van der Waals surface area contributed by atoms with Crippen LogP contribution in [0.25, 0.3) is 11.1 Å². The van der Waals surface area contributed by atoms with Crippen molar-refractivity contribution in [2.75, 3.05) is 11.9 Å². The first kappa shape index (κ1) is 17.7. The maximum absolute atomic E-state index is 12.6. The van der Waals surface area contributed by atoms with Crippen LogP contribution in [0.3, 0.4) is 0 Å². The van der Waals surface area contributed by atoms with E-state index < -0.39 is 0 Å². The second-order valence-corrected chi connectivity index (χ2v) is 7.14. The number of esters is 1. The number of carbonyl (C=O) groups is 2. The maximum atomic E-state index is 12.6. The van der Waals surface area contributed by atoms with Gasteiger partial charge in [-0.1, -0.05) is 49.6 Å². The Bertz CT molecular complexity index is 733. The van der Waals surface area contributed by atoms with Crippen LogP contribution in [0.2, 0.25) is 0 Å². The largest absolute Gasteiger partial charge is 0.462 e. The maximum Gasteiger partial charge on any atom is 0.341 e. The van der Waals surface area contributed by atoms with Gasteiger partial charge in [0.1, 0.15) is 10.6 Å². The molecule has 25 heavy (non-hydrogen) atoms. The first-order valence-corrected chi connectivity index (χ1v) is 9.73. The molecule has 0 radical (unpaired) electrons. The van der Waals surface area contributed by atoms with Gasteiger partial charge in [-0.2, -0.15) is 0 Å². The summed E-state index contributed by atoms with van der Waals surface area (Å²) in [7, 11) is 0. The first-order chi connectivity index (χ1) is 12.2. The average Bonchev–Trinajstić information content (AvgIpc) is 3.07. The summed E-state index contributed by atoms with van der Waals surface area (Å²) >= 11 is 1.38. The predicted octanol–water partition coefficient (Wildman–Crippen LogP) is 5.11. The fraction of sp³-hybridized carbons (Fsp3) is 0.400. The van der Waals surface area contributed by atoms with Gasteiger partial charge in [-0.15, -0.1) is 11.3 Å².